The first kappa shape index (κ1) is 24.3. The van der Waals surface area contributed by atoms with Gasteiger partial charge in [0, 0.05) is 29.4 Å². The molecule has 29 heavy (non-hydrogen) atoms. The van der Waals surface area contributed by atoms with Gasteiger partial charge in [-0.25, -0.2) is 4.99 Å². The Morgan fingerprint density at radius 2 is 2.00 bits per heavy atom. The first-order valence-corrected chi connectivity index (χ1v) is 11.9. The van der Waals surface area contributed by atoms with Crippen molar-refractivity contribution in [1.82, 2.24) is 10.6 Å². The number of hydrogen-bond acceptors (Lipinski definition) is 3. The molecule has 162 valence electrons. The fourth-order valence-corrected chi connectivity index (χ4v) is 4.95. The molecule has 0 aliphatic heterocycles. The molecule has 3 N–H and O–H groups in total. The normalized spacial score (nSPS) is 22.2. The lowest BCUT2D eigenvalue weighted by atomic mass is 10.1. The second-order valence-electron chi connectivity index (χ2n) is 7.88. The van der Waals surface area contributed by atoms with Crippen LogP contribution in [0.1, 0.15) is 57.4 Å². The van der Waals surface area contributed by atoms with Crippen LogP contribution in [-0.2, 0) is 11.3 Å². The van der Waals surface area contributed by atoms with Crippen LogP contribution in [0.2, 0.25) is 0 Å². The van der Waals surface area contributed by atoms with Crippen LogP contribution in [0.15, 0.2) is 29.3 Å². The van der Waals surface area contributed by atoms with E-state index in [1.54, 1.807) is 0 Å². The standard InChI is InChI=1S/C22H34N4OS.HI/c1-3-23-22(26-19-11-12-20(14-19)28-2)24-15-16-7-6-10-18(13-16)25-21(27)17-8-4-5-9-17;/h6-7,10,13,17,19-20H,3-5,8-9,11-12,14-15H2,1-2H3,(H,25,27)(H2,23,24,26);1H. The van der Waals surface area contributed by atoms with Gasteiger partial charge in [0.2, 0.25) is 5.91 Å². The summed E-state index contributed by atoms with van der Waals surface area (Å²) < 4.78 is 0. The maximum Gasteiger partial charge on any atom is 0.227 e. The molecule has 2 atom stereocenters. The molecule has 0 radical (unpaired) electrons. The minimum absolute atomic E-state index is 0. The highest BCUT2D eigenvalue weighted by Gasteiger charge is 2.24. The molecule has 0 bridgehead atoms. The lowest BCUT2D eigenvalue weighted by Gasteiger charge is -2.17. The third-order valence-corrected chi connectivity index (χ3v) is 6.84. The quantitative estimate of drug-likeness (QED) is 0.270. The van der Waals surface area contributed by atoms with Crippen LogP contribution in [-0.4, -0.2) is 36.0 Å². The van der Waals surface area contributed by atoms with E-state index in [4.69, 9.17) is 4.99 Å². The summed E-state index contributed by atoms with van der Waals surface area (Å²) in [5, 5.41) is 10.8. The number of nitrogens with one attached hydrogen (secondary N) is 3. The van der Waals surface area contributed by atoms with Crippen molar-refractivity contribution in [3.05, 3.63) is 29.8 Å². The van der Waals surface area contributed by atoms with Crippen LogP contribution in [0.5, 0.6) is 0 Å². The minimum Gasteiger partial charge on any atom is -0.357 e. The van der Waals surface area contributed by atoms with Gasteiger partial charge in [0.25, 0.3) is 0 Å². The molecule has 1 amide bonds. The van der Waals surface area contributed by atoms with Crippen molar-refractivity contribution >= 4 is 53.3 Å². The zero-order chi connectivity index (χ0) is 19.8. The van der Waals surface area contributed by atoms with E-state index in [1.165, 1.54) is 32.1 Å². The number of anilines is 1. The Kier molecular flexibility index (Phi) is 10.6. The smallest absolute Gasteiger partial charge is 0.227 e. The Balaban J connectivity index is 0.00000300. The molecule has 2 fully saturated rings. The number of aliphatic imine (C=N–C) groups is 1. The van der Waals surface area contributed by atoms with E-state index < -0.39 is 0 Å². The van der Waals surface area contributed by atoms with Gasteiger partial charge in [-0.05, 0) is 63.0 Å². The molecule has 2 unspecified atom stereocenters. The van der Waals surface area contributed by atoms with E-state index in [2.05, 4.69) is 35.2 Å². The van der Waals surface area contributed by atoms with Crippen molar-refractivity contribution in [2.75, 3.05) is 18.1 Å². The van der Waals surface area contributed by atoms with Crippen molar-refractivity contribution in [1.29, 1.82) is 0 Å². The second kappa shape index (κ2) is 12.7. The van der Waals surface area contributed by atoms with Gasteiger partial charge >= 0.3 is 0 Å². The summed E-state index contributed by atoms with van der Waals surface area (Å²) in [6.07, 6.45) is 10.3. The summed E-state index contributed by atoms with van der Waals surface area (Å²) in [5.74, 6) is 1.23. The Morgan fingerprint density at radius 1 is 1.21 bits per heavy atom. The highest BCUT2D eigenvalue weighted by Crippen LogP contribution is 2.28. The number of thioether (sulfide) groups is 1. The lowest BCUT2D eigenvalue weighted by molar-refractivity contribution is -0.119. The molecule has 2 aliphatic carbocycles. The minimum atomic E-state index is 0. The van der Waals surface area contributed by atoms with Gasteiger partial charge in [-0.3, -0.25) is 4.79 Å². The summed E-state index contributed by atoms with van der Waals surface area (Å²) in [5.41, 5.74) is 1.98. The highest BCUT2D eigenvalue weighted by molar-refractivity contribution is 14.0. The maximum absolute atomic E-state index is 12.4. The van der Waals surface area contributed by atoms with Crippen LogP contribution in [0.4, 0.5) is 5.69 Å². The second-order valence-corrected chi connectivity index (χ2v) is 9.02. The third-order valence-electron chi connectivity index (χ3n) is 5.74. The van der Waals surface area contributed by atoms with Gasteiger partial charge in [0.15, 0.2) is 5.96 Å². The number of carbonyl (C=O) groups is 1. The van der Waals surface area contributed by atoms with Gasteiger partial charge < -0.3 is 16.0 Å². The fraction of sp³-hybridized carbons (Fsp3) is 0.636. The molecule has 1 aromatic carbocycles. The number of carbonyl (C=O) groups excluding carboxylic acids is 1. The number of amides is 1. The first-order chi connectivity index (χ1) is 13.7. The number of halogens is 1. The molecule has 3 rings (SSSR count). The van der Waals surface area contributed by atoms with E-state index in [9.17, 15) is 4.79 Å². The molecule has 1 aromatic rings. The van der Waals surface area contributed by atoms with Crippen LogP contribution >= 0.6 is 35.7 Å². The average Bonchev–Trinajstić information content (AvgIpc) is 3.38. The lowest BCUT2D eigenvalue weighted by Crippen LogP contribution is -2.42. The Hall–Kier alpha value is -0.960. The summed E-state index contributed by atoms with van der Waals surface area (Å²) in [7, 11) is 0. The fourth-order valence-electron chi connectivity index (χ4n) is 4.15. The zero-order valence-electron chi connectivity index (χ0n) is 17.6. The van der Waals surface area contributed by atoms with Gasteiger partial charge in [0.1, 0.15) is 0 Å². The van der Waals surface area contributed by atoms with Gasteiger partial charge in [0.05, 0.1) is 6.54 Å². The number of benzene rings is 1. The van der Waals surface area contributed by atoms with E-state index in [0.717, 1.165) is 41.8 Å². The number of rotatable bonds is 7. The Bertz CT molecular complexity index is 679. The highest BCUT2D eigenvalue weighted by atomic mass is 127. The SMILES string of the molecule is CCNC(=NCc1cccc(NC(=O)C2CCCC2)c1)NC1CCC(SC)C1.I. The van der Waals surface area contributed by atoms with Crippen LogP contribution in [0.3, 0.4) is 0 Å². The molecule has 2 aliphatic rings. The van der Waals surface area contributed by atoms with Crippen molar-refractivity contribution in [2.24, 2.45) is 10.9 Å². The molecule has 0 saturated heterocycles. The molecular formula is C22H35IN4OS. The van der Waals surface area contributed by atoms with E-state index in [-0.39, 0.29) is 35.8 Å². The summed E-state index contributed by atoms with van der Waals surface area (Å²) in [4.78, 5) is 17.1. The van der Waals surface area contributed by atoms with Crippen LogP contribution in [0.25, 0.3) is 0 Å². The van der Waals surface area contributed by atoms with Gasteiger partial charge in [-0.1, -0.05) is 25.0 Å². The summed E-state index contributed by atoms with van der Waals surface area (Å²) in [6, 6.07) is 8.57. The van der Waals surface area contributed by atoms with Crippen molar-refractivity contribution in [2.45, 2.75) is 69.7 Å². The molecular weight excluding hydrogens is 495 g/mol. The zero-order valence-corrected chi connectivity index (χ0v) is 20.7. The van der Waals surface area contributed by atoms with Crippen LogP contribution in [0, 0.1) is 5.92 Å². The number of hydrogen-bond donors (Lipinski definition) is 3. The van der Waals surface area contributed by atoms with Crippen molar-refractivity contribution in [3.8, 4) is 0 Å². The molecule has 0 aromatic heterocycles. The molecule has 2 saturated carbocycles. The van der Waals surface area contributed by atoms with Crippen LogP contribution < -0.4 is 16.0 Å². The molecule has 0 heterocycles. The third kappa shape index (κ3) is 7.66. The first-order valence-electron chi connectivity index (χ1n) is 10.7. The van der Waals surface area contributed by atoms with E-state index in [0.29, 0.717) is 12.6 Å². The molecule has 7 heteroatoms. The van der Waals surface area contributed by atoms with Crippen molar-refractivity contribution < 1.29 is 4.79 Å². The van der Waals surface area contributed by atoms with Gasteiger partial charge in [-0.2, -0.15) is 11.8 Å². The van der Waals surface area contributed by atoms with Crippen molar-refractivity contribution in [3.63, 3.8) is 0 Å². The van der Waals surface area contributed by atoms with E-state index >= 15 is 0 Å². The Labute approximate surface area is 196 Å². The topological polar surface area (TPSA) is 65.5 Å². The monoisotopic (exact) mass is 530 g/mol. The summed E-state index contributed by atoms with van der Waals surface area (Å²) >= 11 is 1.97. The molecule has 5 nitrogen and oxygen atoms in total. The summed E-state index contributed by atoms with van der Waals surface area (Å²) in [6.45, 7) is 3.54. The predicted octanol–water partition coefficient (Wildman–Crippen LogP) is 4.77. The number of nitrogens with zero attached hydrogens (tertiary/aromatic N) is 1. The number of guanidine groups is 1. The average molecular weight is 531 g/mol. The molecule has 0 spiro atoms. The van der Waals surface area contributed by atoms with E-state index in [1.807, 2.05) is 30.0 Å². The predicted molar refractivity (Wildman–Crippen MR) is 135 cm³/mol. The maximum atomic E-state index is 12.4. The van der Waals surface area contributed by atoms with Gasteiger partial charge in [-0.15, -0.1) is 24.0 Å². The Morgan fingerprint density at radius 3 is 2.69 bits per heavy atom. The largest absolute Gasteiger partial charge is 0.357 e.